The lowest BCUT2D eigenvalue weighted by molar-refractivity contribution is -0.0816. The van der Waals surface area contributed by atoms with Gasteiger partial charge in [-0.1, -0.05) is 0 Å². The normalized spacial score (nSPS) is 30.2. The summed E-state index contributed by atoms with van der Waals surface area (Å²) in [6.45, 7) is 5.71. The molecule has 2 aliphatic heterocycles. The largest absolute Gasteiger partial charge is 0.460 e. The third-order valence-corrected chi connectivity index (χ3v) is 7.67. The fourth-order valence-electron chi connectivity index (χ4n) is 5.12. The van der Waals surface area contributed by atoms with Crippen LogP contribution >= 0.6 is 0 Å². The van der Waals surface area contributed by atoms with Crippen molar-refractivity contribution in [2.75, 3.05) is 6.26 Å². The summed E-state index contributed by atoms with van der Waals surface area (Å²) in [6.07, 6.45) is 11.1. The van der Waals surface area contributed by atoms with Crippen molar-refractivity contribution in [3.8, 4) is 6.01 Å². The fraction of sp³-hybridized carbons (Fsp3) is 0.783. The molecule has 4 rings (SSSR count). The molecule has 1 saturated carbocycles. The van der Waals surface area contributed by atoms with Gasteiger partial charge in [0.25, 0.3) is 0 Å². The molecular weight excluding hydrogens is 446 g/mol. The lowest BCUT2D eigenvalue weighted by Crippen LogP contribution is -2.50. The van der Waals surface area contributed by atoms with E-state index in [9.17, 15) is 13.2 Å². The van der Waals surface area contributed by atoms with Crippen molar-refractivity contribution in [2.24, 2.45) is 0 Å². The standard InChI is InChI=1S/C23H35N3O6S/c1-23(2,3)32-22(27)26-15-5-6-16(26)12-19(11-15)30-17-7-9-18(10-8-17)31-21-24-13-20(14-25-21)33(4,28)29/h13-19H,5-12H2,1-4H3. The maximum atomic E-state index is 12.6. The first kappa shape index (κ1) is 24.2. The summed E-state index contributed by atoms with van der Waals surface area (Å²) < 4.78 is 41.0. The van der Waals surface area contributed by atoms with E-state index in [0.717, 1.165) is 57.6 Å². The van der Waals surface area contributed by atoms with Crippen molar-refractivity contribution in [1.29, 1.82) is 0 Å². The highest BCUT2D eigenvalue weighted by atomic mass is 32.2. The van der Waals surface area contributed by atoms with Gasteiger partial charge in [-0.2, -0.15) is 0 Å². The molecule has 1 aliphatic carbocycles. The lowest BCUT2D eigenvalue weighted by atomic mass is 9.93. The number of amides is 1. The number of carbonyl (C=O) groups is 1. The van der Waals surface area contributed by atoms with Gasteiger partial charge in [0.15, 0.2) is 9.84 Å². The quantitative estimate of drug-likeness (QED) is 0.629. The number of rotatable bonds is 5. The summed E-state index contributed by atoms with van der Waals surface area (Å²) in [5.74, 6) is 0. The van der Waals surface area contributed by atoms with E-state index in [1.54, 1.807) is 0 Å². The molecule has 1 amide bonds. The van der Waals surface area contributed by atoms with Crippen LogP contribution in [0.15, 0.2) is 17.3 Å². The van der Waals surface area contributed by atoms with Crippen LogP contribution in [-0.4, -0.2) is 71.6 Å². The highest BCUT2D eigenvalue weighted by Crippen LogP contribution is 2.39. The third kappa shape index (κ3) is 6.15. The molecule has 2 saturated heterocycles. The molecule has 2 bridgehead atoms. The Morgan fingerprint density at radius 1 is 0.939 bits per heavy atom. The van der Waals surface area contributed by atoms with Gasteiger partial charge in [0, 0.05) is 18.3 Å². The van der Waals surface area contributed by atoms with Crippen molar-refractivity contribution < 1.29 is 27.4 Å². The van der Waals surface area contributed by atoms with E-state index in [1.807, 2.05) is 25.7 Å². The Hall–Kier alpha value is -1.94. The van der Waals surface area contributed by atoms with Crippen LogP contribution in [0.1, 0.15) is 72.1 Å². The number of hydrogen-bond donors (Lipinski definition) is 0. The van der Waals surface area contributed by atoms with Crippen molar-refractivity contribution in [3.05, 3.63) is 12.4 Å². The van der Waals surface area contributed by atoms with Gasteiger partial charge in [0.2, 0.25) is 0 Å². The summed E-state index contributed by atoms with van der Waals surface area (Å²) in [7, 11) is -3.32. The minimum absolute atomic E-state index is 0.000806. The SMILES string of the molecule is CC(C)(C)OC(=O)N1C2CCC1CC(OC1CCC(Oc3ncc(S(C)(=O)=O)cn3)CC1)C2. The summed E-state index contributed by atoms with van der Waals surface area (Å²) >= 11 is 0. The predicted molar refractivity (Wildman–Crippen MR) is 121 cm³/mol. The van der Waals surface area contributed by atoms with Gasteiger partial charge in [-0.25, -0.2) is 23.2 Å². The maximum Gasteiger partial charge on any atom is 0.410 e. The summed E-state index contributed by atoms with van der Waals surface area (Å²) in [6, 6.07) is 0.614. The molecule has 0 radical (unpaired) electrons. The van der Waals surface area contributed by atoms with Crippen molar-refractivity contribution in [2.45, 2.75) is 113 Å². The number of ether oxygens (including phenoxy) is 3. The second-order valence-electron chi connectivity index (χ2n) is 10.5. The van der Waals surface area contributed by atoms with Gasteiger partial charge >= 0.3 is 12.1 Å². The Kier molecular flexibility index (Phi) is 6.87. The first-order valence-corrected chi connectivity index (χ1v) is 13.7. The minimum Gasteiger partial charge on any atom is -0.460 e. The van der Waals surface area contributed by atoms with E-state index in [0.29, 0.717) is 0 Å². The van der Waals surface area contributed by atoms with Crippen LogP contribution in [0.5, 0.6) is 6.01 Å². The van der Waals surface area contributed by atoms with Crippen LogP contribution in [0.4, 0.5) is 4.79 Å². The summed E-state index contributed by atoms with van der Waals surface area (Å²) in [5.41, 5.74) is -0.481. The van der Waals surface area contributed by atoms with E-state index in [2.05, 4.69) is 9.97 Å². The molecule has 9 nitrogen and oxygen atoms in total. The first-order valence-electron chi connectivity index (χ1n) is 11.8. The number of fused-ring (bicyclic) bond motifs is 2. The zero-order chi connectivity index (χ0) is 23.8. The molecule has 0 N–H and O–H groups in total. The van der Waals surface area contributed by atoms with Crippen LogP contribution in [0.3, 0.4) is 0 Å². The van der Waals surface area contributed by atoms with Gasteiger partial charge in [0.05, 0.1) is 24.6 Å². The zero-order valence-corrected chi connectivity index (χ0v) is 20.7. The smallest absolute Gasteiger partial charge is 0.410 e. The van der Waals surface area contributed by atoms with Gasteiger partial charge in [-0.15, -0.1) is 0 Å². The Morgan fingerprint density at radius 3 is 2.00 bits per heavy atom. The molecule has 1 aromatic rings. The number of sulfone groups is 1. The second-order valence-corrected chi connectivity index (χ2v) is 12.5. The molecule has 2 unspecified atom stereocenters. The first-order chi connectivity index (χ1) is 15.5. The number of nitrogens with zero attached hydrogens (tertiary/aromatic N) is 3. The van der Waals surface area contributed by atoms with E-state index in [-0.39, 0.29) is 47.4 Å². The van der Waals surface area contributed by atoms with Gasteiger partial charge < -0.3 is 19.1 Å². The predicted octanol–water partition coefficient (Wildman–Crippen LogP) is 3.52. The molecular formula is C23H35N3O6S. The lowest BCUT2D eigenvalue weighted by Gasteiger charge is -2.41. The number of aromatic nitrogens is 2. The summed E-state index contributed by atoms with van der Waals surface area (Å²) in [5, 5.41) is 0. The molecule has 3 heterocycles. The maximum absolute atomic E-state index is 12.6. The van der Waals surface area contributed by atoms with Gasteiger partial charge in [-0.3, -0.25) is 0 Å². The topological polar surface area (TPSA) is 108 Å². The molecule has 184 valence electrons. The Balaban J connectivity index is 1.23. The average molecular weight is 482 g/mol. The Bertz CT molecular complexity index is 924. The minimum atomic E-state index is -3.32. The molecule has 1 aromatic heterocycles. The number of piperidine rings is 1. The van der Waals surface area contributed by atoms with Crippen molar-refractivity contribution in [1.82, 2.24) is 14.9 Å². The molecule has 33 heavy (non-hydrogen) atoms. The van der Waals surface area contributed by atoms with E-state index < -0.39 is 15.4 Å². The monoisotopic (exact) mass is 481 g/mol. The Labute approximate surface area is 196 Å². The molecule has 0 aromatic carbocycles. The average Bonchev–Trinajstić information content (AvgIpc) is 2.99. The van der Waals surface area contributed by atoms with Crippen LogP contribution in [-0.2, 0) is 19.3 Å². The Morgan fingerprint density at radius 2 is 1.48 bits per heavy atom. The number of hydrogen-bond acceptors (Lipinski definition) is 8. The summed E-state index contributed by atoms with van der Waals surface area (Å²) in [4.78, 5) is 22.7. The highest BCUT2D eigenvalue weighted by Gasteiger charge is 2.45. The zero-order valence-electron chi connectivity index (χ0n) is 19.9. The van der Waals surface area contributed by atoms with E-state index >= 15 is 0 Å². The highest BCUT2D eigenvalue weighted by molar-refractivity contribution is 7.90. The molecule has 2 atom stereocenters. The molecule has 3 fully saturated rings. The molecule has 3 aliphatic rings. The van der Waals surface area contributed by atoms with Crippen molar-refractivity contribution in [3.63, 3.8) is 0 Å². The van der Waals surface area contributed by atoms with Crippen molar-refractivity contribution >= 4 is 15.9 Å². The molecule has 0 spiro atoms. The van der Waals surface area contributed by atoms with Gasteiger partial charge in [-0.05, 0) is 72.1 Å². The van der Waals surface area contributed by atoms with Crippen LogP contribution < -0.4 is 4.74 Å². The van der Waals surface area contributed by atoms with E-state index in [1.165, 1.54) is 12.4 Å². The van der Waals surface area contributed by atoms with Crippen LogP contribution in [0.25, 0.3) is 0 Å². The molecule has 10 heteroatoms. The third-order valence-electron chi connectivity index (χ3n) is 6.60. The van der Waals surface area contributed by atoms with Crippen LogP contribution in [0.2, 0.25) is 0 Å². The fourth-order valence-corrected chi connectivity index (χ4v) is 5.60. The number of carbonyl (C=O) groups excluding carboxylic acids is 1. The van der Waals surface area contributed by atoms with Crippen LogP contribution in [0, 0.1) is 0 Å². The second kappa shape index (κ2) is 9.37. The van der Waals surface area contributed by atoms with E-state index in [4.69, 9.17) is 14.2 Å². The van der Waals surface area contributed by atoms with Gasteiger partial charge in [0.1, 0.15) is 16.6 Å².